The van der Waals surface area contributed by atoms with Gasteiger partial charge in [-0.2, -0.15) is 5.26 Å². The maximum Gasteiger partial charge on any atom is 0.101 e. The summed E-state index contributed by atoms with van der Waals surface area (Å²) in [6.07, 6.45) is 6.02. The molecule has 2 N–H and O–H groups in total. The van der Waals surface area contributed by atoms with Gasteiger partial charge in [-0.1, -0.05) is 6.42 Å². The fourth-order valence-corrected chi connectivity index (χ4v) is 1.98. The van der Waals surface area contributed by atoms with E-state index in [1.807, 2.05) is 0 Å². The van der Waals surface area contributed by atoms with E-state index in [4.69, 9.17) is 11.0 Å². The van der Waals surface area contributed by atoms with Crippen molar-refractivity contribution in [3.63, 3.8) is 0 Å². The van der Waals surface area contributed by atoms with E-state index in [2.05, 4.69) is 18.0 Å². The van der Waals surface area contributed by atoms with Crippen molar-refractivity contribution in [1.82, 2.24) is 4.90 Å². The summed E-state index contributed by atoms with van der Waals surface area (Å²) in [4.78, 5) is 2.37. The molecular weight excluding hydrogens is 186 g/mol. The van der Waals surface area contributed by atoms with E-state index in [-0.39, 0.29) is 0 Å². The molecular formula is C12H23N3. The van der Waals surface area contributed by atoms with Crippen LogP contribution in [-0.2, 0) is 0 Å². The van der Waals surface area contributed by atoms with Gasteiger partial charge in [-0.15, -0.1) is 0 Å². The summed E-state index contributed by atoms with van der Waals surface area (Å²) < 4.78 is 0. The Kier molecular flexibility index (Phi) is 4.56. The van der Waals surface area contributed by atoms with E-state index < -0.39 is 5.54 Å². The zero-order valence-corrected chi connectivity index (χ0v) is 10.00. The first-order valence-electron chi connectivity index (χ1n) is 5.92. The van der Waals surface area contributed by atoms with Crippen LogP contribution in [0.25, 0.3) is 0 Å². The molecule has 0 heterocycles. The van der Waals surface area contributed by atoms with Gasteiger partial charge in [0.2, 0.25) is 0 Å². The number of nitrogens with two attached hydrogens (primary N) is 1. The van der Waals surface area contributed by atoms with Crippen LogP contribution in [0.1, 0.15) is 39.0 Å². The third kappa shape index (κ3) is 4.63. The predicted octanol–water partition coefficient (Wildman–Crippen LogP) is 1.74. The second-order valence-electron chi connectivity index (χ2n) is 5.19. The first-order valence-corrected chi connectivity index (χ1v) is 5.92. The van der Waals surface area contributed by atoms with Crippen LogP contribution in [0.3, 0.4) is 0 Å². The van der Waals surface area contributed by atoms with Gasteiger partial charge >= 0.3 is 0 Å². The number of nitriles is 1. The van der Waals surface area contributed by atoms with Crippen molar-refractivity contribution < 1.29 is 0 Å². The molecule has 0 aliphatic heterocycles. The van der Waals surface area contributed by atoms with Gasteiger partial charge in [0.25, 0.3) is 0 Å². The third-order valence-corrected chi connectivity index (χ3v) is 3.29. The Morgan fingerprint density at radius 3 is 2.67 bits per heavy atom. The SMILES string of the molecule is CN(CCCC(C)(N)C#N)CC1CCC1. The van der Waals surface area contributed by atoms with Crippen LogP contribution in [0, 0.1) is 17.2 Å². The Labute approximate surface area is 93.2 Å². The monoisotopic (exact) mass is 209 g/mol. The molecule has 1 saturated carbocycles. The maximum absolute atomic E-state index is 8.76. The van der Waals surface area contributed by atoms with Crippen LogP contribution >= 0.6 is 0 Å². The van der Waals surface area contributed by atoms with E-state index in [9.17, 15) is 0 Å². The molecule has 1 atom stereocenters. The number of nitrogens with zero attached hydrogens (tertiary/aromatic N) is 2. The van der Waals surface area contributed by atoms with Gasteiger partial charge in [0.1, 0.15) is 5.54 Å². The summed E-state index contributed by atoms with van der Waals surface area (Å²) in [6, 6.07) is 2.14. The van der Waals surface area contributed by atoms with Crippen molar-refractivity contribution in [2.45, 2.75) is 44.6 Å². The first kappa shape index (κ1) is 12.5. The van der Waals surface area contributed by atoms with E-state index in [0.29, 0.717) is 0 Å². The fourth-order valence-electron chi connectivity index (χ4n) is 1.98. The zero-order chi connectivity index (χ0) is 11.3. The molecule has 3 nitrogen and oxygen atoms in total. The quantitative estimate of drug-likeness (QED) is 0.725. The highest BCUT2D eigenvalue weighted by Crippen LogP contribution is 2.26. The molecule has 1 aliphatic carbocycles. The van der Waals surface area contributed by atoms with Crippen LogP contribution in [-0.4, -0.2) is 30.6 Å². The lowest BCUT2D eigenvalue weighted by Crippen LogP contribution is -2.36. The van der Waals surface area contributed by atoms with Gasteiger partial charge in [0.05, 0.1) is 6.07 Å². The second-order valence-corrected chi connectivity index (χ2v) is 5.19. The van der Waals surface area contributed by atoms with Gasteiger partial charge in [0, 0.05) is 6.54 Å². The molecule has 1 rings (SSSR count). The molecule has 1 unspecified atom stereocenters. The van der Waals surface area contributed by atoms with Crippen molar-refractivity contribution in [1.29, 1.82) is 5.26 Å². The van der Waals surface area contributed by atoms with Gasteiger partial charge in [0.15, 0.2) is 0 Å². The smallest absolute Gasteiger partial charge is 0.101 e. The summed E-state index contributed by atoms with van der Waals surface area (Å²) in [5, 5.41) is 8.76. The molecule has 15 heavy (non-hydrogen) atoms. The van der Waals surface area contributed by atoms with Crippen LogP contribution in [0.4, 0.5) is 0 Å². The van der Waals surface area contributed by atoms with Crippen LogP contribution in [0.5, 0.6) is 0 Å². The predicted molar refractivity (Wildman–Crippen MR) is 62.3 cm³/mol. The molecule has 1 fully saturated rings. The third-order valence-electron chi connectivity index (χ3n) is 3.29. The molecule has 0 saturated heterocycles. The molecule has 3 heteroatoms. The van der Waals surface area contributed by atoms with Crippen LogP contribution in [0.15, 0.2) is 0 Å². The Morgan fingerprint density at radius 2 is 2.20 bits per heavy atom. The molecule has 1 aliphatic rings. The normalized spacial score (nSPS) is 20.7. The summed E-state index contributed by atoms with van der Waals surface area (Å²) in [7, 11) is 2.17. The molecule has 0 aromatic heterocycles. The summed E-state index contributed by atoms with van der Waals surface area (Å²) in [6.45, 7) is 4.08. The lowest BCUT2D eigenvalue weighted by Gasteiger charge is -2.30. The molecule has 0 amide bonds. The second kappa shape index (κ2) is 5.48. The van der Waals surface area contributed by atoms with Crippen LogP contribution < -0.4 is 5.73 Å². The van der Waals surface area contributed by atoms with E-state index in [1.54, 1.807) is 6.92 Å². The molecule has 0 radical (unpaired) electrons. The van der Waals surface area contributed by atoms with Gasteiger partial charge in [-0.25, -0.2) is 0 Å². The zero-order valence-electron chi connectivity index (χ0n) is 10.00. The largest absolute Gasteiger partial charge is 0.314 e. The number of hydrogen-bond acceptors (Lipinski definition) is 3. The van der Waals surface area contributed by atoms with Gasteiger partial charge < -0.3 is 10.6 Å². The Bertz CT molecular complexity index is 226. The Morgan fingerprint density at radius 1 is 1.53 bits per heavy atom. The average molecular weight is 209 g/mol. The van der Waals surface area contributed by atoms with Gasteiger partial charge in [-0.05, 0) is 52.1 Å². The first-order chi connectivity index (χ1) is 7.03. The topological polar surface area (TPSA) is 53.0 Å². The minimum atomic E-state index is -0.642. The summed E-state index contributed by atoms with van der Waals surface area (Å²) >= 11 is 0. The molecule has 0 spiro atoms. The lowest BCUT2D eigenvalue weighted by molar-refractivity contribution is 0.201. The highest BCUT2D eigenvalue weighted by atomic mass is 15.1. The minimum absolute atomic E-state index is 0.642. The molecule has 86 valence electrons. The molecule has 0 aromatic rings. The lowest BCUT2D eigenvalue weighted by atomic mass is 9.85. The average Bonchev–Trinajstić information content (AvgIpc) is 2.11. The van der Waals surface area contributed by atoms with Crippen molar-refractivity contribution in [2.24, 2.45) is 11.7 Å². The highest BCUT2D eigenvalue weighted by molar-refractivity contribution is 5.00. The van der Waals surface area contributed by atoms with E-state index in [0.717, 1.165) is 25.3 Å². The summed E-state index contributed by atoms with van der Waals surface area (Å²) in [5.41, 5.74) is 5.12. The number of rotatable bonds is 6. The van der Waals surface area contributed by atoms with Crippen molar-refractivity contribution in [3.8, 4) is 6.07 Å². The molecule has 0 aromatic carbocycles. The fraction of sp³-hybridized carbons (Fsp3) is 0.917. The van der Waals surface area contributed by atoms with Crippen molar-refractivity contribution in [2.75, 3.05) is 20.1 Å². The van der Waals surface area contributed by atoms with E-state index >= 15 is 0 Å². The van der Waals surface area contributed by atoms with Crippen LogP contribution in [0.2, 0.25) is 0 Å². The standard InChI is InChI=1S/C12H23N3/c1-12(14,10-13)7-4-8-15(2)9-11-5-3-6-11/h11H,3-9,14H2,1-2H3. The van der Waals surface area contributed by atoms with Crippen molar-refractivity contribution in [3.05, 3.63) is 0 Å². The Balaban J connectivity index is 2.06. The highest BCUT2D eigenvalue weighted by Gasteiger charge is 2.20. The van der Waals surface area contributed by atoms with E-state index in [1.165, 1.54) is 25.8 Å². The number of hydrogen-bond donors (Lipinski definition) is 1. The van der Waals surface area contributed by atoms with Crippen molar-refractivity contribution >= 4 is 0 Å². The van der Waals surface area contributed by atoms with Gasteiger partial charge in [-0.3, -0.25) is 0 Å². The Hall–Kier alpha value is -0.590. The summed E-state index contributed by atoms with van der Waals surface area (Å²) in [5.74, 6) is 0.926. The maximum atomic E-state index is 8.76. The molecule has 0 bridgehead atoms. The minimum Gasteiger partial charge on any atom is -0.314 e.